The van der Waals surface area contributed by atoms with Crippen LogP contribution < -0.4 is 19.5 Å². The number of ether oxygens (including phenoxy) is 4. The van der Waals surface area contributed by atoms with Crippen molar-refractivity contribution in [3.63, 3.8) is 0 Å². The molecule has 0 radical (unpaired) electrons. The number of methoxy groups -OCH3 is 3. The van der Waals surface area contributed by atoms with Gasteiger partial charge in [-0.2, -0.15) is 0 Å². The molecule has 2 aromatic carbocycles. The lowest BCUT2D eigenvalue weighted by Crippen LogP contribution is -2.30. The largest absolute Gasteiger partial charge is 0.493 e. The molecule has 0 fully saturated rings. The Balaban J connectivity index is 2.19. The summed E-state index contributed by atoms with van der Waals surface area (Å²) in [6.45, 7) is 1.26. The number of halogens is 2. The number of esters is 1. The fourth-order valence-corrected chi connectivity index (χ4v) is 2.38. The van der Waals surface area contributed by atoms with Gasteiger partial charge in [0.25, 0.3) is 5.91 Å². The Morgan fingerprint density at radius 2 is 1.54 bits per heavy atom. The average Bonchev–Trinajstić information content (AvgIpc) is 2.68. The van der Waals surface area contributed by atoms with E-state index in [0.29, 0.717) is 5.75 Å². The predicted octanol–water partition coefficient (Wildman–Crippen LogP) is 3.17. The quantitative estimate of drug-likeness (QED) is 0.725. The maximum atomic E-state index is 13.7. The Bertz CT molecular complexity index is 867. The first-order valence-corrected chi connectivity index (χ1v) is 8.08. The maximum absolute atomic E-state index is 13.7. The van der Waals surface area contributed by atoms with Crippen LogP contribution in [0.3, 0.4) is 0 Å². The van der Waals surface area contributed by atoms with Gasteiger partial charge in [0, 0.05) is 0 Å². The molecule has 0 saturated heterocycles. The molecule has 1 atom stereocenters. The Hall–Kier alpha value is -3.36. The van der Waals surface area contributed by atoms with E-state index < -0.39 is 35.3 Å². The molecular formula is C19H19F2NO6. The van der Waals surface area contributed by atoms with Gasteiger partial charge in [-0.05, 0) is 31.2 Å². The Morgan fingerprint density at radius 1 is 0.929 bits per heavy atom. The van der Waals surface area contributed by atoms with Crippen LogP contribution in [0.25, 0.3) is 0 Å². The van der Waals surface area contributed by atoms with E-state index >= 15 is 0 Å². The lowest BCUT2D eigenvalue weighted by atomic mass is 10.1. The molecule has 1 amide bonds. The van der Waals surface area contributed by atoms with Crippen LogP contribution >= 0.6 is 0 Å². The third kappa shape index (κ3) is 4.30. The van der Waals surface area contributed by atoms with E-state index in [2.05, 4.69) is 5.32 Å². The van der Waals surface area contributed by atoms with Crippen molar-refractivity contribution in [2.24, 2.45) is 0 Å². The van der Waals surface area contributed by atoms with Crippen LogP contribution in [0.15, 0.2) is 30.3 Å². The van der Waals surface area contributed by atoms with Crippen molar-refractivity contribution < 1.29 is 37.3 Å². The third-order valence-corrected chi connectivity index (χ3v) is 3.79. The maximum Gasteiger partial charge on any atom is 0.342 e. The summed E-state index contributed by atoms with van der Waals surface area (Å²) in [5, 5.41) is 2.06. The molecule has 0 aliphatic heterocycles. The second kappa shape index (κ2) is 9.03. The summed E-state index contributed by atoms with van der Waals surface area (Å²) in [6.07, 6.45) is -1.34. The number of benzene rings is 2. The number of nitrogens with one attached hydrogen (secondary N) is 1. The van der Waals surface area contributed by atoms with Crippen molar-refractivity contribution in [3.05, 3.63) is 47.5 Å². The molecular weight excluding hydrogens is 376 g/mol. The zero-order valence-corrected chi connectivity index (χ0v) is 15.7. The van der Waals surface area contributed by atoms with Crippen LogP contribution in [0, 0.1) is 11.6 Å². The van der Waals surface area contributed by atoms with Gasteiger partial charge < -0.3 is 24.3 Å². The summed E-state index contributed by atoms with van der Waals surface area (Å²) in [5.41, 5.74) is -0.643. The first kappa shape index (κ1) is 20.9. The second-order valence-corrected chi connectivity index (χ2v) is 5.52. The minimum atomic E-state index is -1.34. The number of hydrogen-bond donors (Lipinski definition) is 1. The van der Waals surface area contributed by atoms with Gasteiger partial charge in [0.2, 0.25) is 5.75 Å². The topological polar surface area (TPSA) is 83.1 Å². The lowest BCUT2D eigenvalue weighted by Gasteiger charge is -2.17. The molecule has 150 valence electrons. The van der Waals surface area contributed by atoms with Crippen LogP contribution in [-0.4, -0.2) is 39.3 Å². The summed E-state index contributed by atoms with van der Waals surface area (Å²) in [7, 11) is 4.11. The highest BCUT2D eigenvalue weighted by atomic mass is 19.1. The van der Waals surface area contributed by atoms with Crippen LogP contribution in [0.2, 0.25) is 0 Å². The molecule has 0 heterocycles. The molecule has 1 N–H and O–H groups in total. The average molecular weight is 395 g/mol. The summed E-state index contributed by atoms with van der Waals surface area (Å²) >= 11 is 0. The standard InChI is InChI=1S/C19H19F2NO6/c1-10(18(23)22-15-12(20)6-5-7-13(15)21)28-19(24)11-8-9-14(25-2)17(27-4)16(11)26-3/h5-10H,1-4H3,(H,22,23). The summed E-state index contributed by atoms with van der Waals surface area (Å²) in [5.74, 6) is -3.14. The number of para-hydroxylation sites is 1. The number of carbonyl (C=O) groups excluding carboxylic acids is 2. The van der Waals surface area contributed by atoms with Gasteiger partial charge >= 0.3 is 5.97 Å². The van der Waals surface area contributed by atoms with E-state index in [1.807, 2.05) is 0 Å². The Morgan fingerprint density at radius 3 is 2.07 bits per heavy atom. The van der Waals surface area contributed by atoms with Crippen LogP contribution in [0.1, 0.15) is 17.3 Å². The van der Waals surface area contributed by atoms with Crippen molar-refractivity contribution in [2.45, 2.75) is 13.0 Å². The molecule has 2 aromatic rings. The van der Waals surface area contributed by atoms with Gasteiger partial charge in [0.05, 0.1) is 21.3 Å². The van der Waals surface area contributed by atoms with Crippen LogP contribution in [0.5, 0.6) is 17.2 Å². The number of carbonyl (C=O) groups is 2. The van der Waals surface area contributed by atoms with Crippen molar-refractivity contribution in [2.75, 3.05) is 26.6 Å². The van der Waals surface area contributed by atoms with Crippen LogP contribution in [0.4, 0.5) is 14.5 Å². The van der Waals surface area contributed by atoms with E-state index in [9.17, 15) is 18.4 Å². The molecule has 0 saturated carbocycles. The zero-order valence-electron chi connectivity index (χ0n) is 15.7. The van der Waals surface area contributed by atoms with Crippen molar-refractivity contribution in [1.29, 1.82) is 0 Å². The first-order chi connectivity index (χ1) is 13.3. The fourth-order valence-electron chi connectivity index (χ4n) is 2.38. The highest BCUT2D eigenvalue weighted by Crippen LogP contribution is 2.40. The van der Waals surface area contributed by atoms with Crippen molar-refractivity contribution >= 4 is 17.6 Å². The van der Waals surface area contributed by atoms with Crippen molar-refractivity contribution in [1.82, 2.24) is 0 Å². The molecule has 0 spiro atoms. The molecule has 28 heavy (non-hydrogen) atoms. The van der Waals surface area contributed by atoms with E-state index in [0.717, 1.165) is 18.2 Å². The molecule has 7 nitrogen and oxygen atoms in total. The summed E-state index contributed by atoms with van der Waals surface area (Å²) < 4.78 is 47.9. The monoisotopic (exact) mass is 395 g/mol. The number of hydrogen-bond acceptors (Lipinski definition) is 6. The minimum absolute atomic E-state index is 0.0168. The fraction of sp³-hybridized carbons (Fsp3) is 0.263. The van der Waals surface area contributed by atoms with Gasteiger partial charge in [0.1, 0.15) is 22.9 Å². The second-order valence-electron chi connectivity index (χ2n) is 5.52. The number of anilines is 1. The van der Waals surface area contributed by atoms with Crippen LogP contribution in [-0.2, 0) is 9.53 Å². The molecule has 1 unspecified atom stereocenters. The SMILES string of the molecule is COc1ccc(C(=O)OC(C)C(=O)Nc2c(F)cccc2F)c(OC)c1OC. The highest BCUT2D eigenvalue weighted by molar-refractivity contribution is 5.99. The lowest BCUT2D eigenvalue weighted by molar-refractivity contribution is -0.123. The summed E-state index contributed by atoms with van der Waals surface area (Å²) in [4.78, 5) is 24.6. The molecule has 9 heteroatoms. The highest BCUT2D eigenvalue weighted by Gasteiger charge is 2.26. The van der Waals surface area contributed by atoms with Gasteiger partial charge in [-0.25, -0.2) is 13.6 Å². The smallest absolute Gasteiger partial charge is 0.342 e. The van der Waals surface area contributed by atoms with Gasteiger partial charge in [-0.3, -0.25) is 4.79 Å². The Kier molecular flexibility index (Phi) is 6.75. The van der Waals surface area contributed by atoms with E-state index in [-0.39, 0.29) is 17.1 Å². The Labute approximate surface area is 160 Å². The number of rotatable bonds is 7. The van der Waals surface area contributed by atoms with Gasteiger partial charge in [-0.1, -0.05) is 6.07 Å². The molecule has 0 aromatic heterocycles. The third-order valence-electron chi connectivity index (χ3n) is 3.79. The molecule has 2 rings (SSSR count). The van der Waals surface area contributed by atoms with E-state index in [4.69, 9.17) is 18.9 Å². The molecule has 0 bridgehead atoms. The predicted molar refractivity (Wildman–Crippen MR) is 96.0 cm³/mol. The number of amides is 1. The van der Waals surface area contributed by atoms with E-state index in [1.54, 1.807) is 0 Å². The van der Waals surface area contributed by atoms with Gasteiger partial charge in [-0.15, -0.1) is 0 Å². The zero-order chi connectivity index (χ0) is 20.8. The van der Waals surface area contributed by atoms with E-state index in [1.165, 1.54) is 40.4 Å². The van der Waals surface area contributed by atoms with Crippen molar-refractivity contribution in [3.8, 4) is 17.2 Å². The first-order valence-electron chi connectivity index (χ1n) is 8.08. The molecule has 0 aliphatic rings. The minimum Gasteiger partial charge on any atom is -0.493 e. The van der Waals surface area contributed by atoms with Gasteiger partial charge in [0.15, 0.2) is 17.6 Å². The molecule has 0 aliphatic carbocycles. The summed E-state index contributed by atoms with van der Waals surface area (Å²) in [6, 6.07) is 5.99. The normalized spacial score (nSPS) is 11.4.